The molecule has 0 atom stereocenters. The van der Waals surface area contributed by atoms with Gasteiger partial charge in [-0.15, -0.1) is 0 Å². The van der Waals surface area contributed by atoms with E-state index < -0.39 is 7.26 Å². The van der Waals surface area contributed by atoms with Crippen molar-refractivity contribution in [1.82, 2.24) is 0 Å². The van der Waals surface area contributed by atoms with Crippen LogP contribution >= 0.6 is 7.26 Å². The van der Waals surface area contributed by atoms with Crippen molar-refractivity contribution in [3.8, 4) is 0 Å². The third kappa shape index (κ3) is 4.20. The summed E-state index contributed by atoms with van der Waals surface area (Å²) < 4.78 is 11.3. The average Bonchev–Trinajstić information content (AvgIpc) is 3.30. The van der Waals surface area contributed by atoms with Gasteiger partial charge in [0.15, 0.2) is 6.29 Å². The molecule has 0 aromatic heterocycles. The Hall–Kier alpha value is -1.99. The third-order valence-electron chi connectivity index (χ3n) is 5.47. The Morgan fingerprint density at radius 1 is 0.607 bits per heavy atom. The van der Waals surface area contributed by atoms with E-state index in [1.165, 1.54) is 15.9 Å². The molecule has 3 aromatic carbocycles. The Kier molecular flexibility index (Phi) is 6.54. The number of rotatable bonds is 8. The van der Waals surface area contributed by atoms with Crippen molar-refractivity contribution >= 4 is 23.2 Å². The zero-order valence-electron chi connectivity index (χ0n) is 16.2. The van der Waals surface area contributed by atoms with Gasteiger partial charge in [0, 0.05) is 0 Å². The summed E-state index contributed by atoms with van der Waals surface area (Å²) in [5, 5.41) is 4.38. The van der Waals surface area contributed by atoms with Gasteiger partial charge in [0.05, 0.1) is 19.4 Å². The van der Waals surface area contributed by atoms with Gasteiger partial charge in [-0.05, 0) is 55.7 Å². The summed E-state index contributed by atoms with van der Waals surface area (Å²) in [6.07, 6.45) is 4.43. The van der Waals surface area contributed by atoms with E-state index >= 15 is 0 Å². The Morgan fingerprint density at radius 2 is 1.04 bits per heavy atom. The van der Waals surface area contributed by atoms with E-state index in [0.29, 0.717) is 0 Å². The topological polar surface area (TPSA) is 18.5 Å². The van der Waals surface area contributed by atoms with Crippen LogP contribution in [0.1, 0.15) is 19.3 Å². The Morgan fingerprint density at radius 3 is 1.46 bits per heavy atom. The fourth-order valence-electron chi connectivity index (χ4n) is 4.12. The first-order valence-corrected chi connectivity index (χ1v) is 12.2. The van der Waals surface area contributed by atoms with Crippen LogP contribution in [0.5, 0.6) is 0 Å². The molecule has 0 spiro atoms. The fraction of sp³-hybridized carbons (Fsp3) is 0.280. The van der Waals surface area contributed by atoms with E-state index in [2.05, 4.69) is 91.0 Å². The summed E-state index contributed by atoms with van der Waals surface area (Å²) in [6, 6.07) is 33.3. The molecule has 4 rings (SSSR count). The molecule has 1 fully saturated rings. The van der Waals surface area contributed by atoms with Gasteiger partial charge < -0.3 is 9.47 Å². The van der Waals surface area contributed by atoms with Crippen LogP contribution in [0.4, 0.5) is 0 Å². The quantitative estimate of drug-likeness (QED) is 0.415. The van der Waals surface area contributed by atoms with E-state index in [4.69, 9.17) is 9.47 Å². The Balaban J connectivity index is 1.68. The van der Waals surface area contributed by atoms with Crippen LogP contribution in [0.3, 0.4) is 0 Å². The molecular formula is C25H28O2P+. The molecule has 1 heterocycles. The van der Waals surface area contributed by atoms with Gasteiger partial charge in [-0.1, -0.05) is 54.6 Å². The normalized spacial score (nSPS) is 15.0. The summed E-state index contributed by atoms with van der Waals surface area (Å²) in [5.41, 5.74) is 0. The number of hydrogen-bond acceptors (Lipinski definition) is 2. The second-order valence-corrected chi connectivity index (χ2v) is 10.8. The first-order valence-electron chi connectivity index (χ1n) is 10.2. The first-order chi connectivity index (χ1) is 13.9. The molecule has 0 N–H and O–H groups in total. The van der Waals surface area contributed by atoms with E-state index in [0.717, 1.165) is 38.6 Å². The minimum Gasteiger partial charge on any atom is -0.350 e. The molecule has 1 aliphatic heterocycles. The molecule has 2 nitrogen and oxygen atoms in total. The van der Waals surface area contributed by atoms with Crippen molar-refractivity contribution in [3.63, 3.8) is 0 Å². The highest BCUT2D eigenvalue weighted by molar-refractivity contribution is 7.95. The second-order valence-electron chi connectivity index (χ2n) is 7.21. The predicted octanol–water partition coefficient (Wildman–Crippen LogP) is 4.52. The van der Waals surface area contributed by atoms with Crippen molar-refractivity contribution in [3.05, 3.63) is 91.0 Å². The van der Waals surface area contributed by atoms with Crippen LogP contribution < -0.4 is 15.9 Å². The Bertz CT molecular complexity index is 734. The summed E-state index contributed by atoms with van der Waals surface area (Å²) in [6.45, 7) is 1.47. The molecule has 0 bridgehead atoms. The molecule has 0 unspecified atom stereocenters. The highest BCUT2D eigenvalue weighted by atomic mass is 31.2. The number of ether oxygens (including phenoxy) is 2. The lowest BCUT2D eigenvalue weighted by Crippen LogP contribution is -2.33. The van der Waals surface area contributed by atoms with Crippen molar-refractivity contribution in [2.45, 2.75) is 25.6 Å². The highest BCUT2D eigenvalue weighted by Crippen LogP contribution is 2.56. The highest BCUT2D eigenvalue weighted by Gasteiger charge is 2.44. The molecule has 1 saturated heterocycles. The summed E-state index contributed by atoms with van der Waals surface area (Å²) >= 11 is 0. The van der Waals surface area contributed by atoms with Gasteiger partial charge in [0.2, 0.25) is 0 Å². The van der Waals surface area contributed by atoms with Crippen molar-refractivity contribution in [1.29, 1.82) is 0 Å². The summed E-state index contributed by atoms with van der Waals surface area (Å²) in [5.74, 6) is 0. The molecule has 144 valence electrons. The maximum Gasteiger partial charge on any atom is 0.157 e. The predicted molar refractivity (Wildman–Crippen MR) is 120 cm³/mol. The molecule has 3 heteroatoms. The van der Waals surface area contributed by atoms with Crippen LogP contribution in [0, 0.1) is 0 Å². The van der Waals surface area contributed by atoms with Crippen LogP contribution in [0.2, 0.25) is 0 Å². The monoisotopic (exact) mass is 391 g/mol. The van der Waals surface area contributed by atoms with Gasteiger partial charge in [0.25, 0.3) is 0 Å². The lowest BCUT2D eigenvalue weighted by atomic mass is 10.2. The molecule has 1 aliphatic rings. The number of hydrogen-bond donors (Lipinski definition) is 0. The van der Waals surface area contributed by atoms with Crippen molar-refractivity contribution in [2.24, 2.45) is 0 Å². The van der Waals surface area contributed by atoms with E-state index in [-0.39, 0.29) is 6.29 Å². The van der Waals surface area contributed by atoms with Crippen molar-refractivity contribution < 1.29 is 9.47 Å². The standard InChI is InChI=1S/C25H28O2P/c1-4-12-22(13-5-1)28(23-14-6-2-7-15-23,24-16-8-3-9-17-24)21-11-10-18-25-26-19-20-27-25/h1-9,12-17,25H,10-11,18-21H2/q+1. The molecular weight excluding hydrogens is 363 g/mol. The zero-order valence-corrected chi connectivity index (χ0v) is 17.1. The van der Waals surface area contributed by atoms with Crippen LogP contribution in [0.25, 0.3) is 0 Å². The molecule has 0 radical (unpaired) electrons. The molecule has 28 heavy (non-hydrogen) atoms. The molecule has 3 aromatic rings. The maximum absolute atomic E-state index is 5.63. The van der Waals surface area contributed by atoms with Crippen LogP contribution in [-0.2, 0) is 9.47 Å². The average molecular weight is 391 g/mol. The van der Waals surface area contributed by atoms with Crippen molar-refractivity contribution in [2.75, 3.05) is 19.4 Å². The molecule has 0 amide bonds. The summed E-state index contributed by atoms with van der Waals surface area (Å²) in [7, 11) is -1.70. The minimum atomic E-state index is -1.70. The second kappa shape index (κ2) is 9.47. The van der Waals surface area contributed by atoms with Crippen LogP contribution in [0.15, 0.2) is 91.0 Å². The Labute approximate surface area is 168 Å². The molecule has 0 aliphatic carbocycles. The van der Waals surface area contributed by atoms with Gasteiger partial charge >= 0.3 is 0 Å². The smallest absolute Gasteiger partial charge is 0.157 e. The molecule has 0 saturated carbocycles. The maximum atomic E-state index is 5.63. The van der Waals surface area contributed by atoms with E-state index in [1.54, 1.807) is 0 Å². The van der Waals surface area contributed by atoms with E-state index in [1.807, 2.05) is 0 Å². The SMILES string of the molecule is c1ccc([P+](CCCCC2OCCO2)(c2ccccc2)c2ccccc2)cc1. The third-order valence-corrected chi connectivity index (χ3v) is 9.99. The van der Waals surface area contributed by atoms with Gasteiger partial charge in [-0.2, -0.15) is 0 Å². The van der Waals surface area contributed by atoms with Gasteiger partial charge in [0.1, 0.15) is 23.2 Å². The minimum absolute atomic E-state index is 0.00194. The van der Waals surface area contributed by atoms with Gasteiger partial charge in [-0.25, -0.2) is 0 Å². The summed E-state index contributed by atoms with van der Waals surface area (Å²) in [4.78, 5) is 0. The lowest BCUT2D eigenvalue weighted by Gasteiger charge is -2.27. The van der Waals surface area contributed by atoms with Crippen LogP contribution in [-0.4, -0.2) is 25.7 Å². The zero-order chi connectivity index (χ0) is 19.1. The number of benzene rings is 3. The van der Waals surface area contributed by atoms with Gasteiger partial charge in [-0.3, -0.25) is 0 Å². The first kappa shape index (κ1) is 19.3. The number of unbranched alkanes of at least 4 members (excludes halogenated alkanes) is 1. The van der Waals surface area contributed by atoms with E-state index in [9.17, 15) is 0 Å². The fourth-order valence-corrected chi connectivity index (χ4v) is 8.53. The largest absolute Gasteiger partial charge is 0.350 e. The lowest BCUT2D eigenvalue weighted by molar-refractivity contribution is -0.0477.